The van der Waals surface area contributed by atoms with Crippen LogP contribution in [0.15, 0.2) is 22.7 Å². The zero-order valence-corrected chi connectivity index (χ0v) is 9.96. The molecule has 1 aliphatic heterocycles. The number of rotatable bonds is 2. The summed E-state index contributed by atoms with van der Waals surface area (Å²) in [7, 11) is 0. The molecule has 0 radical (unpaired) electrons. The number of hydrogen-bond donors (Lipinski definition) is 0. The molecular formula is C11H13BrFNO. The van der Waals surface area contributed by atoms with Gasteiger partial charge in [-0.2, -0.15) is 0 Å². The molecule has 1 aromatic rings. The lowest BCUT2D eigenvalue weighted by atomic mass is 10.2. The Hall–Kier alpha value is -0.450. The molecule has 0 unspecified atom stereocenters. The van der Waals surface area contributed by atoms with Crippen molar-refractivity contribution in [1.29, 1.82) is 0 Å². The van der Waals surface area contributed by atoms with Crippen LogP contribution in [0.3, 0.4) is 0 Å². The fourth-order valence-electron chi connectivity index (χ4n) is 1.67. The van der Waals surface area contributed by atoms with Crippen LogP contribution in [0.5, 0.6) is 0 Å². The molecule has 0 N–H and O–H groups in total. The van der Waals surface area contributed by atoms with Crippen LogP contribution < -0.4 is 0 Å². The molecule has 1 aliphatic rings. The standard InChI is InChI=1S/C11H13BrFNO/c12-10-2-1-3-11(13)9(10)8-14-4-6-15-7-5-14/h1-3H,4-8H2. The molecule has 0 bridgehead atoms. The van der Waals surface area contributed by atoms with E-state index in [0.29, 0.717) is 6.54 Å². The second kappa shape index (κ2) is 5.05. The summed E-state index contributed by atoms with van der Waals surface area (Å²) in [6.07, 6.45) is 0. The van der Waals surface area contributed by atoms with Gasteiger partial charge in [0.05, 0.1) is 13.2 Å². The normalized spacial score (nSPS) is 18.0. The van der Waals surface area contributed by atoms with Gasteiger partial charge in [0.2, 0.25) is 0 Å². The highest BCUT2D eigenvalue weighted by Crippen LogP contribution is 2.21. The van der Waals surface area contributed by atoms with Gasteiger partial charge in [0, 0.05) is 29.7 Å². The van der Waals surface area contributed by atoms with Crippen molar-refractivity contribution in [2.45, 2.75) is 6.54 Å². The first-order valence-electron chi connectivity index (χ1n) is 5.00. The number of halogens is 2. The minimum atomic E-state index is -0.143. The average Bonchev–Trinajstić information content (AvgIpc) is 2.25. The molecule has 2 rings (SSSR count). The van der Waals surface area contributed by atoms with Gasteiger partial charge in [0.25, 0.3) is 0 Å². The van der Waals surface area contributed by atoms with Crippen LogP contribution in [0.2, 0.25) is 0 Å². The van der Waals surface area contributed by atoms with Crippen molar-refractivity contribution < 1.29 is 9.13 Å². The topological polar surface area (TPSA) is 12.5 Å². The van der Waals surface area contributed by atoms with Gasteiger partial charge in [0.1, 0.15) is 5.82 Å². The highest BCUT2D eigenvalue weighted by molar-refractivity contribution is 9.10. The second-order valence-corrected chi connectivity index (χ2v) is 4.44. The maximum absolute atomic E-state index is 13.5. The minimum absolute atomic E-state index is 0.143. The van der Waals surface area contributed by atoms with Crippen molar-refractivity contribution in [1.82, 2.24) is 4.90 Å². The third-order valence-electron chi connectivity index (χ3n) is 2.55. The third-order valence-corrected chi connectivity index (χ3v) is 3.29. The van der Waals surface area contributed by atoms with Gasteiger partial charge in [-0.1, -0.05) is 22.0 Å². The van der Waals surface area contributed by atoms with Crippen molar-refractivity contribution in [3.05, 3.63) is 34.1 Å². The fraction of sp³-hybridized carbons (Fsp3) is 0.455. The Kier molecular flexibility index (Phi) is 3.72. The number of morpholine rings is 1. The Labute approximate surface area is 97.2 Å². The Morgan fingerprint density at radius 1 is 1.33 bits per heavy atom. The summed E-state index contributed by atoms with van der Waals surface area (Å²) in [6.45, 7) is 3.89. The third kappa shape index (κ3) is 2.77. The summed E-state index contributed by atoms with van der Waals surface area (Å²) in [4.78, 5) is 2.20. The maximum atomic E-state index is 13.5. The van der Waals surface area contributed by atoms with E-state index in [4.69, 9.17) is 4.74 Å². The number of nitrogens with zero attached hydrogens (tertiary/aromatic N) is 1. The van der Waals surface area contributed by atoms with Crippen LogP contribution in [0.4, 0.5) is 4.39 Å². The molecule has 1 heterocycles. The Balaban J connectivity index is 2.09. The van der Waals surface area contributed by atoms with Gasteiger partial charge in [-0.05, 0) is 12.1 Å². The Morgan fingerprint density at radius 3 is 2.73 bits per heavy atom. The van der Waals surface area contributed by atoms with Crippen LogP contribution in [-0.2, 0) is 11.3 Å². The van der Waals surface area contributed by atoms with Gasteiger partial charge in [-0.3, -0.25) is 4.90 Å². The molecule has 0 atom stereocenters. The summed E-state index contributed by atoms with van der Waals surface area (Å²) < 4.78 is 19.6. The highest BCUT2D eigenvalue weighted by atomic mass is 79.9. The van der Waals surface area contributed by atoms with Gasteiger partial charge in [0.15, 0.2) is 0 Å². The lowest BCUT2D eigenvalue weighted by Crippen LogP contribution is -2.35. The molecule has 15 heavy (non-hydrogen) atoms. The lowest BCUT2D eigenvalue weighted by molar-refractivity contribution is 0.0336. The molecule has 0 spiro atoms. The largest absolute Gasteiger partial charge is 0.379 e. The molecule has 4 heteroatoms. The predicted molar refractivity (Wildman–Crippen MR) is 60.2 cm³/mol. The van der Waals surface area contributed by atoms with E-state index in [1.165, 1.54) is 6.07 Å². The van der Waals surface area contributed by atoms with Gasteiger partial charge >= 0.3 is 0 Å². The molecule has 0 saturated carbocycles. The smallest absolute Gasteiger partial charge is 0.128 e. The quantitative estimate of drug-likeness (QED) is 0.821. The summed E-state index contributed by atoms with van der Waals surface area (Å²) in [5.74, 6) is -0.143. The number of ether oxygens (including phenoxy) is 1. The van der Waals surface area contributed by atoms with E-state index in [-0.39, 0.29) is 5.82 Å². The van der Waals surface area contributed by atoms with E-state index in [9.17, 15) is 4.39 Å². The highest BCUT2D eigenvalue weighted by Gasteiger charge is 2.14. The molecule has 0 amide bonds. The van der Waals surface area contributed by atoms with Crippen LogP contribution in [0, 0.1) is 5.82 Å². The Morgan fingerprint density at radius 2 is 2.07 bits per heavy atom. The van der Waals surface area contributed by atoms with E-state index < -0.39 is 0 Å². The van der Waals surface area contributed by atoms with Gasteiger partial charge in [-0.15, -0.1) is 0 Å². The lowest BCUT2D eigenvalue weighted by Gasteiger charge is -2.27. The zero-order chi connectivity index (χ0) is 10.7. The Bertz CT molecular complexity index is 319. The number of hydrogen-bond acceptors (Lipinski definition) is 2. The monoisotopic (exact) mass is 273 g/mol. The van der Waals surface area contributed by atoms with Crippen LogP contribution >= 0.6 is 15.9 Å². The van der Waals surface area contributed by atoms with Crippen LogP contribution in [-0.4, -0.2) is 31.2 Å². The first-order valence-corrected chi connectivity index (χ1v) is 5.79. The van der Waals surface area contributed by atoms with Gasteiger partial charge in [-0.25, -0.2) is 4.39 Å². The SMILES string of the molecule is Fc1cccc(Br)c1CN1CCOCC1. The van der Waals surface area contributed by atoms with E-state index in [1.807, 2.05) is 6.07 Å². The van der Waals surface area contributed by atoms with Gasteiger partial charge < -0.3 is 4.74 Å². The van der Waals surface area contributed by atoms with E-state index in [2.05, 4.69) is 20.8 Å². The fourth-order valence-corrected chi connectivity index (χ4v) is 2.13. The van der Waals surface area contributed by atoms with Crippen LogP contribution in [0.1, 0.15) is 5.56 Å². The minimum Gasteiger partial charge on any atom is -0.379 e. The summed E-state index contributed by atoms with van der Waals surface area (Å²) in [5.41, 5.74) is 0.736. The predicted octanol–water partition coefficient (Wildman–Crippen LogP) is 2.42. The van der Waals surface area contributed by atoms with E-state index in [1.54, 1.807) is 6.07 Å². The first kappa shape index (κ1) is 11.0. The van der Waals surface area contributed by atoms with Crippen molar-refractivity contribution in [3.63, 3.8) is 0 Å². The number of benzene rings is 1. The average molecular weight is 274 g/mol. The molecular weight excluding hydrogens is 261 g/mol. The molecule has 1 aromatic carbocycles. The van der Waals surface area contributed by atoms with E-state index in [0.717, 1.165) is 36.3 Å². The molecule has 82 valence electrons. The van der Waals surface area contributed by atoms with E-state index >= 15 is 0 Å². The summed E-state index contributed by atoms with van der Waals surface area (Å²) >= 11 is 3.38. The maximum Gasteiger partial charge on any atom is 0.128 e. The van der Waals surface area contributed by atoms with Crippen molar-refractivity contribution in [3.8, 4) is 0 Å². The molecule has 0 aliphatic carbocycles. The molecule has 1 saturated heterocycles. The van der Waals surface area contributed by atoms with Crippen molar-refractivity contribution in [2.24, 2.45) is 0 Å². The van der Waals surface area contributed by atoms with Crippen molar-refractivity contribution >= 4 is 15.9 Å². The second-order valence-electron chi connectivity index (χ2n) is 3.59. The molecule has 0 aromatic heterocycles. The zero-order valence-electron chi connectivity index (χ0n) is 8.38. The summed E-state index contributed by atoms with van der Waals surface area (Å²) in [6, 6.07) is 5.08. The van der Waals surface area contributed by atoms with Crippen LogP contribution in [0.25, 0.3) is 0 Å². The summed E-state index contributed by atoms with van der Waals surface area (Å²) in [5, 5.41) is 0. The molecule has 1 fully saturated rings. The van der Waals surface area contributed by atoms with Crippen molar-refractivity contribution in [2.75, 3.05) is 26.3 Å². The molecule has 2 nitrogen and oxygen atoms in total. The first-order chi connectivity index (χ1) is 7.27.